The molecule has 0 unspecified atom stereocenters. The van der Waals surface area contributed by atoms with E-state index in [-0.39, 0.29) is 23.7 Å². The third-order valence-corrected chi connectivity index (χ3v) is 4.48. The van der Waals surface area contributed by atoms with Gasteiger partial charge in [-0.25, -0.2) is 8.78 Å². The highest BCUT2D eigenvalue weighted by molar-refractivity contribution is 6.22. The summed E-state index contributed by atoms with van der Waals surface area (Å²) in [5.74, 6) is -1.22. The van der Waals surface area contributed by atoms with Gasteiger partial charge in [-0.05, 0) is 23.6 Å². The van der Waals surface area contributed by atoms with Crippen molar-refractivity contribution in [2.45, 2.75) is 11.8 Å². The highest BCUT2D eigenvalue weighted by atomic mass is 35.5. The maximum atomic E-state index is 13.9. The first-order valence-corrected chi connectivity index (χ1v) is 7.30. The molecule has 0 saturated heterocycles. The van der Waals surface area contributed by atoms with Crippen molar-refractivity contribution in [3.05, 3.63) is 71.3 Å². The standard InChI is InChI=1S/C16H14Cl2F2/c17-10-16(11-18,13-6-2-1-3-7-13)9-12-5-4-8-14(19)15(12)20/h1-8H,9-11H2. The summed E-state index contributed by atoms with van der Waals surface area (Å²) in [4.78, 5) is 0. The molecule has 0 saturated carbocycles. The molecule has 4 heteroatoms. The molecular weight excluding hydrogens is 301 g/mol. The van der Waals surface area contributed by atoms with Gasteiger partial charge in [-0.15, -0.1) is 23.2 Å². The van der Waals surface area contributed by atoms with Gasteiger partial charge in [0.05, 0.1) is 0 Å². The van der Waals surface area contributed by atoms with Crippen LogP contribution in [0, 0.1) is 11.6 Å². The van der Waals surface area contributed by atoms with Crippen molar-refractivity contribution in [3.63, 3.8) is 0 Å². The van der Waals surface area contributed by atoms with Gasteiger partial charge in [0.2, 0.25) is 0 Å². The molecule has 0 bridgehead atoms. The minimum absolute atomic E-state index is 0.233. The number of benzene rings is 2. The molecule has 0 fully saturated rings. The van der Waals surface area contributed by atoms with Crippen LogP contribution < -0.4 is 0 Å². The number of hydrogen-bond donors (Lipinski definition) is 0. The van der Waals surface area contributed by atoms with E-state index < -0.39 is 17.0 Å². The Morgan fingerprint density at radius 3 is 2.10 bits per heavy atom. The van der Waals surface area contributed by atoms with Crippen LogP contribution in [0.15, 0.2) is 48.5 Å². The zero-order chi connectivity index (χ0) is 14.6. The van der Waals surface area contributed by atoms with E-state index in [0.717, 1.165) is 11.6 Å². The third-order valence-electron chi connectivity index (χ3n) is 3.46. The summed E-state index contributed by atoms with van der Waals surface area (Å²) in [6.45, 7) is 0. The van der Waals surface area contributed by atoms with Crippen LogP contribution in [0.2, 0.25) is 0 Å². The molecule has 0 heterocycles. The second-order valence-electron chi connectivity index (χ2n) is 4.80. The second-order valence-corrected chi connectivity index (χ2v) is 5.34. The zero-order valence-corrected chi connectivity index (χ0v) is 12.3. The molecule has 0 aliphatic heterocycles. The molecule has 2 aromatic rings. The SMILES string of the molecule is Fc1cccc(CC(CCl)(CCl)c2ccccc2)c1F. The van der Waals surface area contributed by atoms with E-state index >= 15 is 0 Å². The van der Waals surface area contributed by atoms with Crippen LogP contribution in [0.3, 0.4) is 0 Å². The molecule has 2 aromatic carbocycles. The average Bonchev–Trinajstić information content (AvgIpc) is 2.50. The Bertz CT molecular complexity index is 566. The molecule has 0 spiro atoms. The lowest BCUT2D eigenvalue weighted by Gasteiger charge is -2.30. The normalized spacial score (nSPS) is 11.6. The second kappa shape index (κ2) is 6.55. The predicted octanol–water partition coefficient (Wildman–Crippen LogP) is 4.92. The summed E-state index contributed by atoms with van der Waals surface area (Å²) in [6.07, 6.45) is 0.258. The van der Waals surface area contributed by atoms with E-state index in [1.54, 1.807) is 6.07 Å². The summed E-state index contributed by atoms with van der Waals surface area (Å²) in [6, 6.07) is 13.6. The van der Waals surface area contributed by atoms with Crippen molar-refractivity contribution in [2.24, 2.45) is 0 Å². The van der Waals surface area contributed by atoms with Crippen molar-refractivity contribution >= 4 is 23.2 Å². The smallest absolute Gasteiger partial charge is 0.162 e. The number of halogens is 4. The number of alkyl halides is 2. The first-order valence-electron chi connectivity index (χ1n) is 6.23. The summed E-state index contributed by atoms with van der Waals surface area (Å²) in [5.41, 5.74) is 0.600. The molecule has 0 radical (unpaired) electrons. The first kappa shape index (κ1) is 15.3. The van der Waals surface area contributed by atoms with E-state index in [9.17, 15) is 8.78 Å². The van der Waals surface area contributed by atoms with E-state index in [0.29, 0.717) is 0 Å². The van der Waals surface area contributed by atoms with E-state index in [1.165, 1.54) is 6.07 Å². The van der Waals surface area contributed by atoms with Crippen molar-refractivity contribution < 1.29 is 8.78 Å². The minimum Gasteiger partial charge on any atom is -0.204 e. The van der Waals surface area contributed by atoms with Gasteiger partial charge in [0.15, 0.2) is 11.6 Å². The topological polar surface area (TPSA) is 0 Å². The summed E-state index contributed by atoms with van der Waals surface area (Å²) >= 11 is 12.2. The lowest BCUT2D eigenvalue weighted by molar-refractivity contribution is 0.472. The van der Waals surface area contributed by atoms with Crippen LogP contribution in [0.25, 0.3) is 0 Å². The maximum Gasteiger partial charge on any atom is 0.162 e. The highest BCUT2D eigenvalue weighted by Gasteiger charge is 2.32. The van der Waals surface area contributed by atoms with Gasteiger partial charge in [-0.3, -0.25) is 0 Å². The Kier molecular flexibility index (Phi) is 5.00. The molecule has 0 aliphatic rings. The fourth-order valence-electron chi connectivity index (χ4n) is 2.23. The van der Waals surface area contributed by atoms with Gasteiger partial charge < -0.3 is 0 Å². The maximum absolute atomic E-state index is 13.9. The molecule has 0 aromatic heterocycles. The van der Waals surface area contributed by atoms with Crippen molar-refractivity contribution in [1.82, 2.24) is 0 Å². The van der Waals surface area contributed by atoms with Crippen LogP contribution >= 0.6 is 23.2 Å². The fraction of sp³-hybridized carbons (Fsp3) is 0.250. The molecular formula is C16H14Cl2F2. The number of hydrogen-bond acceptors (Lipinski definition) is 0. The Hall–Kier alpha value is -1.12. The first-order chi connectivity index (χ1) is 9.63. The summed E-state index contributed by atoms with van der Waals surface area (Å²) in [7, 11) is 0. The van der Waals surface area contributed by atoms with Gasteiger partial charge in [0, 0.05) is 17.2 Å². The van der Waals surface area contributed by atoms with Crippen molar-refractivity contribution in [2.75, 3.05) is 11.8 Å². The van der Waals surface area contributed by atoms with E-state index in [2.05, 4.69) is 0 Å². The molecule has 0 atom stereocenters. The Balaban J connectivity index is 2.42. The summed E-state index contributed by atoms with van der Waals surface area (Å²) in [5, 5.41) is 0. The van der Waals surface area contributed by atoms with E-state index in [4.69, 9.17) is 23.2 Å². The minimum atomic E-state index is -0.853. The van der Waals surface area contributed by atoms with Crippen molar-refractivity contribution in [3.8, 4) is 0 Å². The van der Waals surface area contributed by atoms with Gasteiger partial charge in [-0.1, -0.05) is 42.5 Å². The van der Waals surface area contributed by atoms with E-state index in [1.807, 2.05) is 30.3 Å². The van der Waals surface area contributed by atoms with Gasteiger partial charge in [0.25, 0.3) is 0 Å². The Labute approximate surface area is 127 Å². The van der Waals surface area contributed by atoms with Gasteiger partial charge in [-0.2, -0.15) is 0 Å². The molecule has 20 heavy (non-hydrogen) atoms. The van der Waals surface area contributed by atoms with Crippen LogP contribution in [0.4, 0.5) is 8.78 Å². The van der Waals surface area contributed by atoms with Gasteiger partial charge in [0.1, 0.15) is 0 Å². The fourth-order valence-corrected chi connectivity index (χ4v) is 3.01. The molecule has 0 nitrogen and oxygen atoms in total. The molecule has 2 rings (SSSR count). The summed E-state index contributed by atoms with van der Waals surface area (Å²) < 4.78 is 27.2. The largest absolute Gasteiger partial charge is 0.204 e. The van der Waals surface area contributed by atoms with Crippen molar-refractivity contribution in [1.29, 1.82) is 0 Å². The lowest BCUT2D eigenvalue weighted by atomic mass is 9.78. The van der Waals surface area contributed by atoms with Crippen LogP contribution in [-0.2, 0) is 11.8 Å². The average molecular weight is 315 g/mol. The molecule has 0 N–H and O–H groups in total. The van der Waals surface area contributed by atoms with Crippen LogP contribution in [0.1, 0.15) is 11.1 Å². The van der Waals surface area contributed by atoms with Crippen LogP contribution in [-0.4, -0.2) is 11.8 Å². The Morgan fingerprint density at radius 1 is 0.850 bits per heavy atom. The number of rotatable bonds is 5. The highest BCUT2D eigenvalue weighted by Crippen LogP contribution is 2.32. The Morgan fingerprint density at radius 2 is 1.50 bits per heavy atom. The molecule has 0 aliphatic carbocycles. The molecule has 106 valence electrons. The quantitative estimate of drug-likeness (QED) is 0.687. The van der Waals surface area contributed by atoms with Crippen LogP contribution in [0.5, 0.6) is 0 Å². The lowest BCUT2D eigenvalue weighted by Crippen LogP contribution is -2.33. The van der Waals surface area contributed by atoms with Gasteiger partial charge >= 0.3 is 0 Å². The zero-order valence-electron chi connectivity index (χ0n) is 10.8. The third kappa shape index (κ3) is 2.97. The monoisotopic (exact) mass is 314 g/mol. The predicted molar refractivity (Wildman–Crippen MR) is 79.6 cm³/mol. The molecule has 0 amide bonds.